The molecule has 0 N–H and O–H groups in total. The van der Waals surface area contributed by atoms with Gasteiger partial charge in [0, 0.05) is 17.1 Å². The molecule has 0 saturated carbocycles. The minimum absolute atomic E-state index is 0.0244. The minimum Gasteiger partial charge on any atom is -0.268 e. The third-order valence-corrected chi connectivity index (χ3v) is 7.21. The SMILES string of the molecule is N#CCC[C@H](C#N)CSc1nc2sc3c(c2c(=O)n1-c1ccccc1)CCC3. The van der Waals surface area contributed by atoms with Gasteiger partial charge in [0.05, 0.1) is 29.1 Å². The van der Waals surface area contributed by atoms with Crippen molar-refractivity contribution in [3.05, 3.63) is 51.1 Å². The molecule has 1 aliphatic carbocycles. The van der Waals surface area contributed by atoms with Crippen LogP contribution in [0, 0.1) is 28.6 Å². The normalized spacial score (nSPS) is 13.8. The number of rotatable bonds is 6. The first kappa shape index (κ1) is 18.7. The van der Waals surface area contributed by atoms with E-state index in [2.05, 4.69) is 12.1 Å². The number of hydrogen-bond donors (Lipinski definition) is 0. The highest BCUT2D eigenvalue weighted by molar-refractivity contribution is 7.99. The molecule has 0 fully saturated rings. The summed E-state index contributed by atoms with van der Waals surface area (Å²) in [5.41, 5.74) is 1.93. The molecule has 140 valence electrons. The van der Waals surface area contributed by atoms with E-state index in [1.54, 1.807) is 15.9 Å². The van der Waals surface area contributed by atoms with E-state index in [0.717, 1.165) is 35.2 Å². The molecule has 0 radical (unpaired) electrons. The average molecular weight is 407 g/mol. The summed E-state index contributed by atoms with van der Waals surface area (Å²) in [7, 11) is 0. The average Bonchev–Trinajstić information content (AvgIpc) is 3.29. The second-order valence-electron chi connectivity index (χ2n) is 6.74. The van der Waals surface area contributed by atoms with E-state index in [0.29, 0.717) is 23.8 Å². The molecule has 28 heavy (non-hydrogen) atoms. The van der Waals surface area contributed by atoms with Gasteiger partial charge in [-0.1, -0.05) is 30.0 Å². The predicted molar refractivity (Wildman–Crippen MR) is 112 cm³/mol. The predicted octanol–water partition coefficient (Wildman–Crippen LogP) is 4.47. The van der Waals surface area contributed by atoms with Crippen LogP contribution in [0.25, 0.3) is 15.9 Å². The van der Waals surface area contributed by atoms with Crippen LogP contribution >= 0.6 is 23.1 Å². The first-order chi connectivity index (χ1) is 13.7. The molecule has 1 atom stereocenters. The van der Waals surface area contributed by atoms with Crippen molar-refractivity contribution < 1.29 is 0 Å². The number of fused-ring (bicyclic) bond motifs is 3. The molecule has 7 heteroatoms. The fraction of sp³-hybridized carbons (Fsp3) is 0.333. The van der Waals surface area contributed by atoms with Crippen molar-refractivity contribution in [3.63, 3.8) is 0 Å². The number of aromatic nitrogens is 2. The lowest BCUT2D eigenvalue weighted by molar-refractivity contribution is 0.683. The summed E-state index contributed by atoms with van der Waals surface area (Å²) in [5.74, 6) is 0.267. The zero-order valence-electron chi connectivity index (χ0n) is 15.2. The van der Waals surface area contributed by atoms with Crippen molar-refractivity contribution >= 4 is 33.3 Å². The van der Waals surface area contributed by atoms with Gasteiger partial charge < -0.3 is 0 Å². The molecule has 5 nitrogen and oxygen atoms in total. The lowest BCUT2D eigenvalue weighted by atomic mass is 10.1. The Balaban J connectivity index is 1.80. The van der Waals surface area contributed by atoms with Gasteiger partial charge in [0.25, 0.3) is 5.56 Å². The van der Waals surface area contributed by atoms with Crippen molar-refractivity contribution in [1.82, 2.24) is 9.55 Å². The lowest BCUT2D eigenvalue weighted by Crippen LogP contribution is -2.22. The van der Waals surface area contributed by atoms with Crippen molar-refractivity contribution in [1.29, 1.82) is 10.5 Å². The van der Waals surface area contributed by atoms with Crippen LogP contribution in [0.4, 0.5) is 0 Å². The van der Waals surface area contributed by atoms with Gasteiger partial charge in [-0.15, -0.1) is 11.3 Å². The first-order valence-electron chi connectivity index (χ1n) is 9.25. The lowest BCUT2D eigenvalue weighted by Gasteiger charge is -2.13. The van der Waals surface area contributed by atoms with Crippen molar-refractivity contribution in [3.8, 4) is 17.8 Å². The molecule has 0 amide bonds. The van der Waals surface area contributed by atoms with E-state index in [1.165, 1.54) is 22.2 Å². The van der Waals surface area contributed by atoms with Crippen LogP contribution in [-0.2, 0) is 12.8 Å². The van der Waals surface area contributed by atoms with Crippen LogP contribution in [0.5, 0.6) is 0 Å². The Bertz CT molecular complexity index is 1150. The van der Waals surface area contributed by atoms with Crippen molar-refractivity contribution in [2.24, 2.45) is 5.92 Å². The van der Waals surface area contributed by atoms with Crippen molar-refractivity contribution in [2.75, 3.05) is 5.75 Å². The monoisotopic (exact) mass is 406 g/mol. The zero-order valence-corrected chi connectivity index (χ0v) is 16.9. The Labute approximate surface area is 171 Å². The molecule has 0 spiro atoms. The molecule has 2 heterocycles. The molecule has 0 saturated heterocycles. The topological polar surface area (TPSA) is 82.5 Å². The summed E-state index contributed by atoms with van der Waals surface area (Å²) >= 11 is 3.05. The van der Waals surface area contributed by atoms with Crippen LogP contribution in [0.2, 0.25) is 0 Å². The van der Waals surface area contributed by atoms with E-state index >= 15 is 0 Å². The number of nitrogens with zero attached hydrogens (tertiary/aromatic N) is 4. The van der Waals surface area contributed by atoms with Gasteiger partial charge in [0.2, 0.25) is 0 Å². The van der Waals surface area contributed by atoms with Crippen LogP contribution in [0.15, 0.2) is 40.3 Å². The number of para-hydroxylation sites is 1. The summed E-state index contributed by atoms with van der Waals surface area (Å²) in [6.07, 6.45) is 3.95. The molecular weight excluding hydrogens is 388 g/mol. The number of nitriles is 2. The van der Waals surface area contributed by atoms with E-state index in [4.69, 9.17) is 10.2 Å². The van der Waals surface area contributed by atoms with Gasteiger partial charge in [-0.3, -0.25) is 9.36 Å². The summed E-state index contributed by atoms with van der Waals surface area (Å²) in [6.45, 7) is 0. The Kier molecular flexibility index (Phi) is 5.47. The maximum atomic E-state index is 13.5. The van der Waals surface area contributed by atoms with Crippen molar-refractivity contribution in [2.45, 2.75) is 37.3 Å². The van der Waals surface area contributed by atoms with E-state index in [9.17, 15) is 10.1 Å². The Morgan fingerprint density at radius 3 is 2.82 bits per heavy atom. The molecular formula is C21H18N4OS2. The molecule has 1 aromatic carbocycles. The molecule has 0 aliphatic heterocycles. The molecule has 0 unspecified atom stereocenters. The second-order valence-corrected chi connectivity index (χ2v) is 8.81. The van der Waals surface area contributed by atoms with E-state index < -0.39 is 0 Å². The van der Waals surface area contributed by atoms with Crippen LogP contribution < -0.4 is 5.56 Å². The van der Waals surface area contributed by atoms with E-state index in [-0.39, 0.29) is 11.5 Å². The fourth-order valence-corrected chi connectivity index (χ4v) is 5.90. The van der Waals surface area contributed by atoms with Gasteiger partial charge >= 0.3 is 0 Å². The number of thioether (sulfide) groups is 1. The summed E-state index contributed by atoms with van der Waals surface area (Å²) in [6, 6.07) is 13.9. The summed E-state index contributed by atoms with van der Waals surface area (Å²) in [5, 5.41) is 19.5. The highest BCUT2D eigenvalue weighted by Crippen LogP contribution is 2.36. The molecule has 4 rings (SSSR count). The van der Waals surface area contributed by atoms with Crippen LogP contribution in [0.1, 0.15) is 29.7 Å². The molecule has 0 bridgehead atoms. The van der Waals surface area contributed by atoms with Gasteiger partial charge in [-0.05, 0) is 43.4 Å². The highest BCUT2D eigenvalue weighted by Gasteiger charge is 2.24. The first-order valence-corrected chi connectivity index (χ1v) is 11.0. The Morgan fingerprint density at radius 2 is 2.07 bits per heavy atom. The molecule has 2 aromatic heterocycles. The number of benzene rings is 1. The summed E-state index contributed by atoms with van der Waals surface area (Å²) < 4.78 is 1.68. The largest absolute Gasteiger partial charge is 0.268 e. The number of hydrogen-bond acceptors (Lipinski definition) is 6. The Hall–Kier alpha value is -2.61. The summed E-state index contributed by atoms with van der Waals surface area (Å²) in [4.78, 5) is 20.4. The maximum Gasteiger partial charge on any atom is 0.267 e. The van der Waals surface area contributed by atoms with Crippen LogP contribution in [-0.4, -0.2) is 15.3 Å². The zero-order chi connectivity index (χ0) is 19.5. The number of aryl methyl sites for hydroxylation is 2. The quantitative estimate of drug-likeness (QED) is 0.445. The third kappa shape index (κ3) is 3.44. The minimum atomic E-state index is -0.241. The molecule has 3 aromatic rings. The van der Waals surface area contributed by atoms with Gasteiger partial charge in [-0.25, -0.2) is 4.98 Å². The molecule has 1 aliphatic rings. The fourth-order valence-electron chi connectivity index (χ4n) is 3.53. The second kappa shape index (κ2) is 8.18. The van der Waals surface area contributed by atoms with Crippen LogP contribution in [0.3, 0.4) is 0 Å². The van der Waals surface area contributed by atoms with E-state index in [1.807, 2.05) is 30.3 Å². The highest BCUT2D eigenvalue weighted by atomic mass is 32.2. The number of thiophene rings is 1. The maximum absolute atomic E-state index is 13.5. The van der Waals surface area contributed by atoms with Gasteiger partial charge in [0.15, 0.2) is 5.16 Å². The third-order valence-electron chi connectivity index (χ3n) is 4.92. The Morgan fingerprint density at radius 1 is 1.25 bits per heavy atom. The van der Waals surface area contributed by atoms with Gasteiger partial charge in [0.1, 0.15) is 4.83 Å². The smallest absolute Gasteiger partial charge is 0.267 e. The van der Waals surface area contributed by atoms with Gasteiger partial charge in [-0.2, -0.15) is 10.5 Å². The standard InChI is InChI=1S/C21H18N4OS2/c22-11-5-6-14(12-23)13-27-21-24-19-18(16-9-4-10-17(16)28-19)20(26)25(21)15-7-2-1-3-8-15/h1-3,7-8,14H,4-6,9-10,13H2/t14-/m1/s1.